The maximum atomic E-state index is 11.9. The van der Waals surface area contributed by atoms with Crippen molar-refractivity contribution in [2.45, 2.75) is 57.5 Å². The van der Waals surface area contributed by atoms with Gasteiger partial charge in [0.05, 0.1) is 24.5 Å². The largest absolute Gasteiger partial charge is 0.481 e. The van der Waals surface area contributed by atoms with Crippen molar-refractivity contribution in [3.05, 3.63) is 0 Å². The summed E-state index contributed by atoms with van der Waals surface area (Å²) in [6, 6.07) is -0.655. The summed E-state index contributed by atoms with van der Waals surface area (Å²) in [7, 11) is 0. The third-order valence-electron chi connectivity index (χ3n) is 3.90. The van der Waals surface area contributed by atoms with E-state index in [9.17, 15) is 14.4 Å². The van der Waals surface area contributed by atoms with Crippen LogP contribution in [0.4, 0.5) is 0 Å². The Morgan fingerprint density at radius 1 is 1.24 bits per heavy atom. The maximum absolute atomic E-state index is 11.9. The van der Waals surface area contributed by atoms with E-state index in [-0.39, 0.29) is 30.7 Å². The number of carbonyl (C=O) groups excluding carboxylic acids is 2. The summed E-state index contributed by atoms with van der Waals surface area (Å²) in [5, 5.41) is 14.2. The van der Waals surface area contributed by atoms with Gasteiger partial charge in [-0.2, -0.15) is 0 Å². The Morgan fingerprint density at radius 3 is 2.29 bits per heavy atom. The van der Waals surface area contributed by atoms with Gasteiger partial charge in [0, 0.05) is 0 Å². The third-order valence-corrected chi connectivity index (χ3v) is 3.90. The Labute approximate surface area is 124 Å². The molecule has 1 fully saturated rings. The molecule has 0 aliphatic heterocycles. The van der Waals surface area contributed by atoms with E-state index in [2.05, 4.69) is 10.6 Å². The average Bonchev–Trinajstić information content (AvgIpc) is 2.81. The lowest BCUT2D eigenvalue weighted by Gasteiger charge is -2.28. The van der Waals surface area contributed by atoms with Crippen molar-refractivity contribution < 1.29 is 19.5 Å². The fraction of sp³-hybridized carbons (Fsp3) is 0.786. The van der Waals surface area contributed by atoms with Crippen LogP contribution in [0.3, 0.4) is 0 Å². The minimum absolute atomic E-state index is 0.0127. The molecule has 2 amide bonds. The van der Waals surface area contributed by atoms with Crippen LogP contribution in [0.5, 0.6) is 0 Å². The number of hydrogen-bond donors (Lipinski definition) is 4. The van der Waals surface area contributed by atoms with Gasteiger partial charge >= 0.3 is 5.97 Å². The summed E-state index contributed by atoms with van der Waals surface area (Å²) in [4.78, 5) is 34.5. The highest BCUT2D eigenvalue weighted by Crippen LogP contribution is 2.32. The topological polar surface area (TPSA) is 122 Å². The van der Waals surface area contributed by atoms with E-state index in [0.717, 1.165) is 12.8 Å². The zero-order valence-electron chi connectivity index (χ0n) is 12.6. The summed E-state index contributed by atoms with van der Waals surface area (Å²) < 4.78 is 0. The molecule has 5 N–H and O–H groups in total. The highest BCUT2D eigenvalue weighted by atomic mass is 16.4. The molecule has 7 heteroatoms. The van der Waals surface area contributed by atoms with Gasteiger partial charge in [-0.1, -0.05) is 26.7 Å². The van der Waals surface area contributed by atoms with Gasteiger partial charge in [0.15, 0.2) is 0 Å². The number of nitrogens with two attached hydrogens (primary N) is 1. The Morgan fingerprint density at radius 2 is 1.81 bits per heavy atom. The summed E-state index contributed by atoms with van der Waals surface area (Å²) >= 11 is 0. The van der Waals surface area contributed by atoms with Crippen molar-refractivity contribution in [3.63, 3.8) is 0 Å². The predicted octanol–water partition coefficient (Wildman–Crippen LogP) is -0.0104. The molecule has 1 atom stereocenters. The van der Waals surface area contributed by atoms with Gasteiger partial charge in [-0.25, -0.2) is 0 Å². The summed E-state index contributed by atoms with van der Waals surface area (Å²) in [6.45, 7) is 3.47. The van der Waals surface area contributed by atoms with Crippen LogP contribution in [0, 0.1) is 5.92 Å². The first-order valence-corrected chi connectivity index (χ1v) is 7.32. The van der Waals surface area contributed by atoms with E-state index in [1.165, 1.54) is 0 Å². The second-order valence-corrected chi connectivity index (χ2v) is 6.09. The molecule has 0 aromatic heterocycles. The Bertz CT molecular complexity index is 403. The standard InChI is InChI=1S/C14H25N3O4/c1-9(2)12(15)13(21)16-8-10(18)17-14(7-11(19)20)5-3-4-6-14/h9,12H,3-8,15H2,1-2H3,(H,16,21)(H,17,18)(H,19,20)/t12-/m0/s1. The summed E-state index contributed by atoms with van der Waals surface area (Å²) in [5.74, 6) is -1.69. The molecular formula is C14H25N3O4. The van der Waals surface area contributed by atoms with Gasteiger partial charge in [-0.3, -0.25) is 14.4 Å². The molecule has 0 aromatic carbocycles. The molecule has 1 rings (SSSR count). The minimum atomic E-state index is -0.928. The van der Waals surface area contributed by atoms with Gasteiger partial charge < -0.3 is 21.5 Å². The molecule has 7 nitrogen and oxygen atoms in total. The number of rotatable bonds is 7. The minimum Gasteiger partial charge on any atom is -0.481 e. The lowest BCUT2D eigenvalue weighted by Crippen LogP contribution is -2.52. The van der Waals surface area contributed by atoms with Gasteiger partial charge in [0.25, 0.3) is 0 Å². The molecule has 21 heavy (non-hydrogen) atoms. The Kier molecular flexibility index (Phi) is 6.14. The number of carboxylic acid groups (broad SMARTS) is 1. The van der Waals surface area contributed by atoms with E-state index in [0.29, 0.717) is 12.8 Å². The first-order chi connectivity index (χ1) is 9.76. The zero-order chi connectivity index (χ0) is 16.0. The van der Waals surface area contributed by atoms with E-state index >= 15 is 0 Å². The monoisotopic (exact) mass is 299 g/mol. The normalized spacial score (nSPS) is 18.3. The Balaban J connectivity index is 2.48. The molecule has 1 aliphatic carbocycles. The molecule has 1 saturated carbocycles. The molecule has 0 heterocycles. The molecule has 0 bridgehead atoms. The average molecular weight is 299 g/mol. The number of carbonyl (C=O) groups is 3. The van der Waals surface area contributed by atoms with E-state index in [1.54, 1.807) is 0 Å². The smallest absolute Gasteiger partial charge is 0.305 e. The van der Waals surface area contributed by atoms with Crippen LogP contribution in [-0.2, 0) is 14.4 Å². The van der Waals surface area contributed by atoms with Gasteiger partial charge in [-0.15, -0.1) is 0 Å². The van der Waals surface area contributed by atoms with Gasteiger partial charge in [0.1, 0.15) is 0 Å². The number of amides is 2. The number of aliphatic carboxylic acids is 1. The van der Waals surface area contributed by atoms with Crippen LogP contribution in [0.2, 0.25) is 0 Å². The van der Waals surface area contributed by atoms with E-state index < -0.39 is 17.6 Å². The first-order valence-electron chi connectivity index (χ1n) is 7.32. The maximum Gasteiger partial charge on any atom is 0.305 e. The molecule has 0 saturated heterocycles. The van der Waals surface area contributed by atoms with Crippen LogP contribution in [0.1, 0.15) is 46.0 Å². The molecule has 1 aliphatic rings. The van der Waals surface area contributed by atoms with Crippen molar-refractivity contribution in [2.24, 2.45) is 11.7 Å². The van der Waals surface area contributed by atoms with E-state index in [4.69, 9.17) is 10.8 Å². The highest BCUT2D eigenvalue weighted by molar-refractivity contribution is 5.88. The fourth-order valence-electron chi connectivity index (χ4n) is 2.62. The molecular weight excluding hydrogens is 274 g/mol. The second kappa shape index (κ2) is 7.40. The number of carboxylic acids is 1. The predicted molar refractivity (Wildman–Crippen MR) is 77.4 cm³/mol. The van der Waals surface area contributed by atoms with Crippen LogP contribution >= 0.6 is 0 Å². The molecule has 0 aromatic rings. The third kappa shape index (κ3) is 5.34. The fourth-order valence-corrected chi connectivity index (χ4v) is 2.62. The van der Waals surface area contributed by atoms with Crippen LogP contribution in [-0.4, -0.2) is 41.0 Å². The van der Waals surface area contributed by atoms with Gasteiger partial charge in [0.2, 0.25) is 11.8 Å². The van der Waals surface area contributed by atoms with Crippen molar-refractivity contribution in [3.8, 4) is 0 Å². The summed E-state index contributed by atoms with van der Waals surface area (Å²) in [6.07, 6.45) is 3.03. The lowest BCUT2D eigenvalue weighted by atomic mass is 9.93. The van der Waals surface area contributed by atoms with Crippen molar-refractivity contribution in [1.29, 1.82) is 0 Å². The zero-order valence-corrected chi connectivity index (χ0v) is 12.6. The van der Waals surface area contributed by atoms with Crippen molar-refractivity contribution in [2.75, 3.05) is 6.54 Å². The highest BCUT2D eigenvalue weighted by Gasteiger charge is 2.37. The number of hydrogen-bond acceptors (Lipinski definition) is 4. The second-order valence-electron chi connectivity index (χ2n) is 6.09. The van der Waals surface area contributed by atoms with Crippen molar-refractivity contribution in [1.82, 2.24) is 10.6 Å². The number of nitrogens with one attached hydrogen (secondary N) is 2. The van der Waals surface area contributed by atoms with Gasteiger partial charge in [-0.05, 0) is 18.8 Å². The SMILES string of the molecule is CC(C)[C@H](N)C(=O)NCC(=O)NC1(CC(=O)O)CCCC1. The summed E-state index contributed by atoms with van der Waals surface area (Å²) in [5.41, 5.74) is 5.01. The lowest BCUT2D eigenvalue weighted by molar-refractivity contribution is -0.139. The first kappa shape index (κ1) is 17.4. The van der Waals surface area contributed by atoms with Crippen molar-refractivity contribution >= 4 is 17.8 Å². The van der Waals surface area contributed by atoms with Crippen LogP contribution in [0.25, 0.3) is 0 Å². The molecule has 0 unspecified atom stereocenters. The molecule has 0 spiro atoms. The molecule has 0 radical (unpaired) electrons. The quantitative estimate of drug-likeness (QED) is 0.527. The van der Waals surface area contributed by atoms with Crippen LogP contribution < -0.4 is 16.4 Å². The van der Waals surface area contributed by atoms with E-state index in [1.807, 2.05) is 13.8 Å². The van der Waals surface area contributed by atoms with Crippen LogP contribution in [0.15, 0.2) is 0 Å². The molecule has 120 valence electrons. The Hall–Kier alpha value is -1.63.